The van der Waals surface area contributed by atoms with Crippen LogP contribution in [0.4, 0.5) is 0 Å². The Morgan fingerprint density at radius 3 is 2.14 bits per heavy atom. The van der Waals surface area contributed by atoms with E-state index in [2.05, 4.69) is 13.8 Å². The molecule has 1 N–H and O–H groups in total. The van der Waals surface area contributed by atoms with Crippen molar-refractivity contribution in [3.05, 3.63) is 6.57 Å². The SMILES string of the molecule is CCCCCCCCC[NH+]1CCCCC1CCCC.[C-]#N. The van der Waals surface area contributed by atoms with Gasteiger partial charge in [-0.3, -0.25) is 0 Å². The van der Waals surface area contributed by atoms with E-state index in [0.717, 1.165) is 6.04 Å². The molecule has 0 saturated carbocycles. The highest BCUT2D eigenvalue weighted by molar-refractivity contribution is 4.62. The lowest BCUT2D eigenvalue weighted by molar-refractivity contribution is -0.931. The largest absolute Gasteiger partial charge is 0.512 e. The van der Waals surface area contributed by atoms with Gasteiger partial charge >= 0.3 is 0 Å². The molecule has 2 nitrogen and oxygen atoms in total. The minimum Gasteiger partial charge on any atom is -0.512 e. The van der Waals surface area contributed by atoms with Crippen molar-refractivity contribution in [2.45, 2.75) is 103 Å². The number of unbranched alkanes of at least 4 members (excludes halogenated alkanes) is 7. The number of likely N-dealkylation sites (tertiary alicyclic amines) is 1. The predicted molar refractivity (Wildman–Crippen MR) is 90.8 cm³/mol. The van der Waals surface area contributed by atoms with Gasteiger partial charge in [0, 0.05) is 0 Å². The van der Waals surface area contributed by atoms with Gasteiger partial charge < -0.3 is 16.7 Å². The number of nitrogens with zero attached hydrogens (tertiary/aromatic N) is 1. The molecule has 2 unspecified atom stereocenters. The van der Waals surface area contributed by atoms with Crippen molar-refractivity contribution in [1.29, 1.82) is 5.26 Å². The summed E-state index contributed by atoms with van der Waals surface area (Å²) in [5.41, 5.74) is 0. The second kappa shape index (κ2) is 15.8. The lowest BCUT2D eigenvalue weighted by Crippen LogP contribution is -3.16. The van der Waals surface area contributed by atoms with Crippen molar-refractivity contribution in [1.82, 2.24) is 0 Å². The second-order valence-electron chi connectivity index (χ2n) is 6.61. The van der Waals surface area contributed by atoms with Crippen LogP contribution in [0.5, 0.6) is 0 Å². The molecule has 1 saturated heterocycles. The maximum absolute atomic E-state index is 6.25. The van der Waals surface area contributed by atoms with Crippen LogP contribution in [0.3, 0.4) is 0 Å². The van der Waals surface area contributed by atoms with E-state index in [1.807, 2.05) is 4.90 Å². The molecule has 0 aromatic heterocycles. The fraction of sp³-hybridized carbons (Fsp3) is 0.947. The van der Waals surface area contributed by atoms with E-state index in [0.29, 0.717) is 0 Å². The Labute approximate surface area is 133 Å². The number of piperidine rings is 1. The van der Waals surface area contributed by atoms with E-state index in [-0.39, 0.29) is 0 Å². The number of nitrogens with one attached hydrogen (secondary N) is 1. The van der Waals surface area contributed by atoms with Crippen LogP contribution in [0.2, 0.25) is 0 Å². The van der Waals surface area contributed by atoms with Crippen LogP contribution in [0.1, 0.15) is 97.3 Å². The normalized spacial score (nSPS) is 21.5. The molecule has 2 heteroatoms. The fourth-order valence-corrected chi connectivity index (χ4v) is 3.59. The number of hydrogen-bond donors (Lipinski definition) is 1. The molecular weight excluding hydrogens is 256 g/mol. The Hall–Kier alpha value is -0.550. The van der Waals surface area contributed by atoms with Crippen LogP contribution in [0, 0.1) is 11.8 Å². The first-order valence-electron chi connectivity index (χ1n) is 9.45. The smallest absolute Gasteiger partial charge is 0.0874 e. The molecule has 21 heavy (non-hydrogen) atoms. The summed E-state index contributed by atoms with van der Waals surface area (Å²) in [6.45, 7) is 12.3. The zero-order valence-corrected chi connectivity index (χ0v) is 14.6. The monoisotopic (exact) mass is 294 g/mol. The highest BCUT2D eigenvalue weighted by atomic mass is 15.2. The molecule has 0 radical (unpaired) electrons. The van der Waals surface area contributed by atoms with Gasteiger partial charge in [0.15, 0.2) is 0 Å². The van der Waals surface area contributed by atoms with Gasteiger partial charge in [0.2, 0.25) is 0 Å². The maximum atomic E-state index is 6.25. The van der Waals surface area contributed by atoms with Crippen LogP contribution >= 0.6 is 0 Å². The summed E-state index contributed by atoms with van der Waals surface area (Å²) >= 11 is 0. The quantitative estimate of drug-likeness (QED) is 0.442. The molecule has 0 aliphatic carbocycles. The third-order valence-corrected chi connectivity index (χ3v) is 4.89. The first kappa shape index (κ1) is 20.5. The van der Waals surface area contributed by atoms with E-state index in [9.17, 15) is 0 Å². The number of rotatable bonds is 11. The minimum atomic E-state index is 1.01. The summed E-state index contributed by atoms with van der Waals surface area (Å²) in [5, 5.41) is 6.25. The molecule has 0 amide bonds. The van der Waals surface area contributed by atoms with Crippen LogP contribution in [0.25, 0.3) is 0 Å². The molecule has 1 rings (SSSR count). The van der Waals surface area contributed by atoms with Gasteiger partial charge in [-0.15, -0.1) is 0 Å². The summed E-state index contributed by atoms with van der Waals surface area (Å²) in [6.07, 6.45) is 19.0. The van der Waals surface area contributed by atoms with Gasteiger partial charge in [-0.1, -0.05) is 52.4 Å². The van der Waals surface area contributed by atoms with Gasteiger partial charge in [-0.2, -0.15) is 0 Å². The number of hydrogen-bond acceptors (Lipinski definition) is 1. The summed E-state index contributed by atoms with van der Waals surface area (Å²) in [4.78, 5) is 1.95. The van der Waals surface area contributed by atoms with Crippen molar-refractivity contribution in [3.63, 3.8) is 0 Å². The lowest BCUT2D eigenvalue weighted by atomic mass is 9.97. The van der Waals surface area contributed by atoms with Crippen molar-refractivity contribution in [2.75, 3.05) is 13.1 Å². The molecule has 0 bridgehead atoms. The molecular formula is C19H38N2. The third kappa shape index (κ3) is 10.8. The van der Waals surface area contributed by atoms with Crippen LogP contribution in [0.15, 0.2) is 0 Å². The minimum absolute atomic E-state index is 1.01. The molecule has 0 spiro atoms. The summed E-state index contributed by atoms with van der Waals surface area (Å²) in [5.74, 6) is 0. The Morgan fingerprint density at radius 2 is 1.48 bits per heavy atom. The van der Waals surface area contributed by atoms with E-state index < -0.39 is 0 Å². The zero-order valence-electron chi connectivity index (χ0n) is 14.6. The van der Waals surface area contributed by atoms with E-state index in [1.54, 1.807) is 0 Å². The topological polar surface area (TPSA) is 28.2 Å². The number of quaternary nitrogens is 1. The van der Waals surface area contributed by atoms with Gasteiger partial charge in [-0.05, 0) is 44.9 Å². The van der Waals surface area contributed by atoms with Gasteiger partial charge in [0.1, 0.15) is 0 Å². The summed E-state index contributed by atoms with van der Waals surface area (Å²) in [7, 11) is 0. The van der Waals surface area contributed by atoms with E-state index in [1.165, 1.54) is 96.6 Å². The van der Waals surface area contributed by atoms with Crippen LogP contribution in [-0.2, 0) is 0 Å². The third-order valence-electron chi connectivity index (χ3n) is 4.89. The van der Waals surface area contributed by atoms with Crippen molar-refractivity contribution in [2.24, 2.45) is 0 Å². The summed E-state index contributed by atoms with van der Waals surface area (Å²) in [6, 6.07) is 1.01. The fourth-order valence-electron chi connectivity index (χ4n) is 3.59. The van der Waals surface area contributed by atoms with Gasteiger partial charge in [-0.25, -0.2) is 0 Å². The molecule has 0 aromatic carbocycles. The average molecular weight is 295 g/mol. The maximum Gasteiger partial charge on any atom is 0.0874 e. The Kier molecular flexibility index (Phi) is 15.4. The molecule has 1 heterocycles. The highest BCUT2D eigenvalue weighted by Gasteiger charge is 2.24. The first-order valence-corrected chi connectivity index (χ1v) is 9.45. The Balaban J connectivity index is 0.00000191. The Morgan fingerprint density at radius 1 is 0.857 bits per heavy atom. The van der Waals surface area contributed by atoms with Crippen molar-refractivity contribution >= 4 is 0 Å². The Bertz CT molecular complexity index is 225. The highest BCUT2D eigenvalue weighted by Crippen LogP contribution is 2.10. The van der Waals surface area contributed by atoms with E-state index >= 15 is 0 Å². The lowest BCUT2D eigenvalue weighted by Gasteiger charge is -2.32. The molecule has 1 aliphatic heterocycles. The summed E-state index contributed by atoms with van der Waals surface area (Å²) < 4.78 is 0. The van der Waals surface area contributed by atoms with E-state index in [4.69, 9.17) is 11.8 Å². The molecule has 124 valence electrons. The van der Waals surface area contributed by atoms with Gasteiger partial charge in [0.25, 0.3) is 0 Å². The van der Waals surface area contributed by atoms with Crippen LogP contribution in [-0.4, -0.2) is 19.1 Å². The first-order chi connectivity index (χ1) is 10.4. The standard InChI is InChI=1S/C18H37N.CN/c1-3-5-7-8-9-10-12-16-19-17-13-11-15-18(19)14-6-4-2;1-2/h18H,3-17H2,1-2H3;/q;-1/p+1. The second-order valence-corrected chi connectivity index (χ2v) is 6.61. The molecule has 1 fully saturated rings. The molecule has 0 aromatic rings. The average Bonchev–Trinajstić information content (AvgIpc) is 2.55. The van der Waals surface area contributed by atoms with Crippen LogP contribution < -0.4 is 4.90 Å². The van der Waals surface area contributed by atoms with Gasteiger partial charge in [0.05, 0.1) is 19.1 Å². The predicted octanol–water partition coefficient (Wildman–Crippen LogP) is 4.46. The van der Waals surface area contributed by atoms with Crippen molar-refractivity contribution in [3.8, 4) is 0 Å². The zero-order chi connectivity index (χ0) is 15.8. The molecule has 1 aliphatic rings. The molecule has 2 atom stereocenters. The van der Waals surface area contributed by atoms with Crippen molar-refractivity contribution < 1.29 is 4.90 Å².